The molecule has 0 aliphatic carbocycles. The summed E-state index contributed by atoms with van der Waals surface area (Å²) in [4.78, 5) is 10.2. The zero-order valence-electron chi connectivity index (χ0n) is 8.74. The maximum Gasteiger partial charge on any atom is 0.150 e. The van der Waals surface area contributed by atoms with Gasteiger partial charge in [0.05, 0.1) is 0 Å². The zero-order chi connectivity index (χ0) is 10.7. The van der Waals surface area contributed by atoms with Gasteiger partial charge in [-0.1, -0.05) is 38.1 Å². The number of aryl methyl sites for hydroxylation is 1. The van der Waals surface area contributed by atoms with Crippen molar-refractivity contribution in [3.8, 4) is 0 Å². The van der Waals surface area contributed by atoms with Gasteiger partial charge in [-0.05, 0) is 12.5 Å². The van der Waals surface area contributed by atoms with Gasteiger partial charge < -0.3 is 5.11 Å². The smallest absolute Gasteiger partial charge is 0.150 e. The van der Waals surface area contributed by atoms with E-state index in [4.69, 9.17) is 5.11 Å². The lowest BCUT2D eigenvalue weighted by Gasteiger charge is -1.92. The Balaban J connectivity index is 0. The van der Waals surface area contributed by atoms with E-state index in [0.29, 0.717) is 0 Å². The molecule has 0 amide bonds. The first-order chi connectivity index (χ1) is 6.34. The van der Waals surface area contributed by atoms with Crippen LogP contribution in [-0.2, 0) is 0 Å². The number of aliphatic hydroxyl groups is 1. The number of aldehydes is 1. The molecule has 2 nitrogen and oxygen atoms in total. The molecule has 1 aromatic carbocycles. The molecular formula is C11H18O2. The van der Waals surface area contributed by atoms with E-state index >= 15 is 0 Å². The van der Waals surface area contributed by atoms with E-state index in [1.54, 1.807) is 0 Å². The summed E-state index contributed by atoms with van der Waals surface area (Å²) in [6.07, 6.45) is 0.870. The number of hydrogen-bond donors (Lipinski definition) is 1. The highest BCUT2D eigenvalue weighted by Crippen LogP contribution is 2.02. The van der Waals surface area contributed by atoms with Crippen molar-refractivity contribution < 1.29 is 9.90 Å². The molecule has 0 aromatic heterocycles. The quantitative estimate of drug-likeness (QED) is 0.677. The number of benzene rings is 1. The number of rotatable bonds is 1. The first-order valence-electron chi connectivity index (χ1n) is 4.30. The molecule has 0 aliphatic heterocycles. The average Bonchev–Trinajstić information content (AvgIpc) is 2.24. The predicted octanol–water partition coefficient (Wildman–Crippen LogP) is 2.44. The predicted molar refractivity (Wildman–Crippen MR) is 56.1 cm³/mol. The topological polar surface area (TPSA) is 37.3 Å². The molecule has 0 saturated heterocycles. The van der Waals surface area contributed by atoms with Crippen LogP contribution in [-0.4, -0.2) is 18.5 Å². The van der Waals surface area contributed by atoms with Crippen LogP contribution in [0.3, 0.4) is 0 Å². The van der Waals surface area contributed by atoms with Crippen molar-refractivity contribution >= 4 is 6.29 Å². The van der Waals surface area contributed by atoms with Crippen LogP contribution < -0.4 is 0 Å². The van der Waals surface area contributed by atoms with Gasteiger partial charge in [0.25, 0.3) is 0 Å². The third kappa shape index (κ3) is 6.05. The van der Waals surface area contributed by atoms with Gasteiger partial charge in [-0.3, -0.25) is 4.79 Å². The lowest BCUT2D eigenvalue weighted by atomic mass is 10.1. The Morgan fingerprint density at radius 2 is 1.62 bits per heavy atom. The van der Waals surface area contributed by atoms with Gasteiger partial charge in [0.15, 0.2) is 0 Å². The molecule has 2 heteroatoms. The van der Waals surface area contributed by atoms with E-state index in [2.05, 4.69) is 0 Å². The Labute approximate surface area is 80.2 Å². The Kier molecular flexibility index (Phi) is 12.0. The molecular weight excluding hydrogens is 164 g/mol. The molecule has 1 aromatic rings. The maximum absolute atomic E-state index is 10.2. The monoisotopic (exact) mass is 182 g/mol. The molecule has 1 rings (SSSR count). The van der Waals surface area contributed by atoms with Crippen LogP contribution in [0, 0.1) is 6.92 Å². The Bertz CT molecular complexity index is 219. The Morgan fingerprint density at radius 1 is 1.15 bits per heavy atom. The molecule has 0 aliphatic rings. The van der Waals surface area contributed by atoms with Crippen molar-refractivity contribution in [2.45, 2.75) is 20.8 Å². The largest absolute Gasteiger partial charge is 0.400 e. The fraction of sp³-hybridized carbons (Fsp3) is 0.364. The van der Waals surface area contributed by atoms with Crippen LogP contribution in [0.5, 0.6) is 0 Å². The van der Waals surface area contributed by atoms with Crippen LogP contribution >= 0.6 is 0 Å². The van der Waals surface area contributed by atoms with Gasteiger partial charge >= 0.3 is 0 Å². The van der Waals surface area contributed by atoms with Crippen molar-refractivity contribution in [3.05, 3.63) is 35.4 Å². The van der Waals surface area contributed by atoms with E-state index < -0.39 is 0 Å². The van der Waals surface area contributed by atoms with Crippen LogP contribution in [0.25, 0.3) is 0 Å². The molecule has 0 spiro atoms. The first kappa shape index (κ1) is 14.4. The van der Waals surface area contributed by atoms with Gasteiger partial charge in [0.2, 0.25) is 0 Å². The highest BCUT2D eigenvalue weighted by molar-refractivity contribution is 5.76. The lowest BCUT2D eigenvalue weighted by molar-refractivity contribution is 0.112. The molecule has 0 bridgehead atoms. The molecule has 0 fully saturated rings. The summed E-state index contributed by atoms with van der Waals surface area (Å²) in [5.74, 6) is 0. The minimum absolute atomic E-state index is 0.775. The summed E-state index contributed by atoms with van der Waals surface area (Å²) >= 11 is 0. The molecule has 1 N–H and O–H groups in total. The second-order valence-corrected chi connectivity index (χ2v) is 1.97. The normalized spacial score (nSPS) is 7.15. The second-order valence-electron chi connectivity index (χ2n) is 1.97. The summed E-state index contributed by atoms with van der Waals surface area (Å²) in [6.45, 7) is 5.92. The van der Waals surface area contributed by atoms with E-state index in [1.807, 2.05) is 45.0 Å². The summed E-state index contributed by atoms with van der Waals surface area (Å²) in [5.41, 5.74) is 1.81. The molecule has 0 saturated carbocycles. The average molecular weight is 182 g/mol. The van der Waals surface area contributed by atoms with Crippen molar-refractivity contribution in [1.82, 2.24) is 0 Å². The highest BCUT2D eigenvalue weighted by Gasteiger charge is 1.90. The van der Waals surface area contributed by atoms with Crippen molar-refractivity contribution in [3.63, 3.8) is 0 Å². The molecule has 0 radical (unpaired) electrons. The van der Waals surface area contributed by atoms with Gasteiger partial charge in [-0.25, -0.2) is 0 Å². The van der Waals surface area contributed by atoms with Gasteiger partial charge in [0, 0.05) is 12.7 Å². The van der Waals surface area contributed by atoms with E-state index in [9.17, 15) is 4.79 Å². The summed E-state index contributed by atoms with van der Waals surface area (Å²) in [6, 6.07) is 7.51. The van der Waals surface area contributed by atoms with Crippen LogP contribution in [0.15, 0.2) is 24.3 Å². The lowest BCUT2D eigenvalue weighted by Crippen LogP contribution is -1.82. The van der Waals surface area contributed by atoms with Crippen LogP contribution in [0.4, 0.5) is 0 Å². The number of carbonyl (C=O) groups is 1. The SMILES string of the molecule is CC.CO.Cc1ccccc1C=O. The summed E-state index contributed by atoms with van der Waals surface area (Å²) < 4.78 is 0. The fourth-order valence-electron chi connectivity index (χ4n) is 0.719. The number of carbonyl (C=O) groups excluding carboxylic acids is 1. The van der Waals surface area contributed by atoms with E-state index in [1.165, 1.54) is 0 Å². The van der Waals surface area contributed by atoms with Crippen molar-refractivity contribution in [2.24, 2.45) is 0 Å². The molecule has 13 heavy (non-hydrogen) atoms. The zero-order valence-corrected chi connectivity index (χ0v) is 8.74. The van der Waals surface area contributed by atoms with Gasteiger partial charge in [0.1, 0.15) is 6.29 Å². The first-order valence-corrected chi connectivity index (χ1v) is 4.30. The van der Waals surface area contributed by atoms with E-state index in [0.717, 1.165) is 24.5 Å². The molecule has 0 atom stereocenters. The van der Waals surface area contributed by atoms with Crippen molar-refractivity contribution in [2.75, 3.05) is 7.11 Å². The minimum atomic E-state index is 0.775. The highest BCUT2D eigenvalue weighted by atomic mass is 16.2. The Morgan fingerprint density at radius 3 is 1.92 bits per heavy atom. The van der Waals surface area contributed by atoms with Gasteiger partial charge in [-0.2, -0.15) is 0 Å². The van der Waals surface area contributed by atoms with Crippen molar-refractivity contribution in [1.29, 1.82) is 0 Å². The van der Waals surface area contributed by atoms with E-state index in [-0.39, 0.29) is 0 Å². The molecule has 0 heterocycles. The summed E-state index contributed by atoms with van der Waals surface area (Å²) in [5, 5.41) is 7.00. The summed E-state index contributed by atoms with van der Waals surface area (Å²) in [7, 11) is 1.00. The fourth-order valence-corrected chi connectivity index (χ4v) is 0.719. The minimum Gasteiger partial charge on any atom is -0.400 e. The number of aliphatic hydroxyl groups excluding tert-OH is 1. The van der Waals surface area contributed by atoms with Crippen LogP contribution in [0.2, 0.25) is 0 Å². The molecule has 74 valence electrons. The third-order valence-electron chi connectivity index (χ3n) is 1.32. The second kappa shape index (κ2) is 10.8. The maximum atomic E-state index is 10.2. The Hall–Kier alpha value is -1.15. The molecule has 0 unspecified atom stereocenters. The number of hydrogen-bond acceptors (Lipinski definition) is 2. The van der Waals surface area contributed by atoms with Crippen LogP contribution in [0.1, 0.15) is 29.8 Å². The van der Waals surface area contributed by atoms with Gasteiger partial charge in [-0.15, -0.1) is 0 Å². The standard InChI is InChI=1S/C8H8O.C2H6.CH4O/c1-7-4-2-3-5-8(7)6-9;2*1-2/h2-6H,1H3;1-2H3;2H,1H3. The third-order valence-corrected chi connectivity index (χ3v) is 1.32.